The van der Waals surface area contributed by atoms with Gasteiger partial charge in [0.15, 0.2) is 0 Å². The zero-order chi connectivity index (χ0) is 15.2. The maximum atomic E-state index is 9.29. The molecule has 0 spiro atoms. The van der Waals surface area contributed by atoms with E-state index in [-0.39, 0.29) is 11.8 Å². The van der Waals surface area contributed by atoms with Gasteiger partial charge >= 0.3 is 0 Å². The highest BCUT2D eigenvalue weighted by Crippen LogP contribution is 2.26. The number of benzene rings is 2. The van der Waals surface area contributed by atoms with Gasteiger partial charge in [-0.25, -0.2) is 0 Å². The Kier molecular flexibility index (Phi) is 4.68. The number of nitrogens with zero attached hydrogens (tertiary/aromatic N) is 1. The molecule has 2 N–H and O–H groups in total. The van der Waals surface area contributed by atoms with E-state index in [4.69, 9.17) is 10.00 Å². The molecule has 0 aromatic heterocycles. The van der Waals surface area contributed by atoms with Gasteiger partial charge in [0.05, 0.1) is 24.4 Å². The largest absolute Gasteiger partial charge is 0.508 e. The monoisotopic (exact) mass is 282 g/mol. The predicted octanol–water partition coefficient (Wildman–Crippen LogP) is 3.32. The molecule has 108 valence electrons. The first-order chi connectivity index (χ1) is 10.1. The van der Waals surface area contributed by atoms with E-state index in [1.807, 2.05) is 18.2 Å². The number of methoxy groups -OCH3 is 1. The number of phenols is 1. The number of hydrogen-bond acceptors (Lipinski definition) is 4. The SMILES string of the molecule is COc1cc(C#N)ccc1NC(C)Cc1ccc(O)cc1. The summed E-state index contributed by atoms with van der Waals surface area (Å²) in [5, 5.41) is 21.6. The Hall–Kier alpha value is -2.67. The number of nitrogens with one attached hydrogen (secondary N) is 1. The summed E-state index contributed by atoms with van der Waals surface area (Å²) in [6, 6.07) is 14.8. The smallest absolute Gasteiger partial charge is 0.143 e. The molecule has 4 heteroatoms. The molecule has 0 heterocycles. The highest BCUT2D eigenvalue weighted by atomic mass is 16.5. The van der Waals surface area contributed by atoms with Crippen LogP contribution in [-0.2, 0) is 6.42 Å². The summed E-state index contributed by atoms with van der Waals surface area (Å²) in [7, 11) is 1.59. The van der Waals surface area contributed by atoms with Crippen molar-refractivity contribution in [3.05, 3.63) is 53.6 Å². The third-order valence-electron chi connectivity index (χ3n) is 3.21. The van der Waals surface area contributed by atoms with E-state index in [9.17, 15) is 5.11 Å². The average molecular weight is 282 g/mol. The van der Waals surface area contributed by atoms with Crippen molar-refractivity contribution in [2.45, 2.75) is 19.4 Å². The highest BCUT2D eigenvalue weighted by Gasteiger charge is 2.09. The molecular weight excluding hydrogens is 264 g/mol. The molecule has 0 amide bonds. The molecule has 2 rings (SSSR count). The molecule has 0 aliphatic rings. The van der Waals surface area contributed by atoms with Gasteiger partial charge in [0.25, 0.3) is 0 Å². The van der Waals surface area contributed by atoms with E-state index in [2.05, 4.69) is 18.3 Å². The number of aromatic hydroxyl groups is 1. The first-order valence-electron chi connectivity index (χ1n) is 6.75. The van der Waals surface area contributed by atoms with Gasteiger partial charge in [-0.15, -0.1) is 0 Å². The van der Waals surface area contributed by atoms with E-state index in [0.717, 1.165) is 17.7 Å². The molecule has 0 aliphatic heterocycles. The van der Waals surface area contributed by atoms with Crippen molar-refractivity contribution in [3.63, 3.8) is 0 Å². The molecular formula is C17H18N2O2. The average Bonchev–Trinajstić information content (AvgIpc) is 2.50. The van der Waals surface area contributed by atoms with Crippen LogP contribution in [0.3, 0.4) is 0 Å². The van der Waals surface area contributed by atoms with Crippen LogP contribution in [0.4, 0.5) is 5.69 Å². The summed E-state index contributed by atoms with van der Waals surface area (Å²) < 4.78 is 5.31. The zero-order valence-electron chi connectivity index (χ0n) is 12.1. The minimum absolute atomic E-state index is 0.191. The summed E-state index contributed by atoms with van der Waals surface area (Å²) in [6.07, 6.45) is 0.823. The molecule has 0 bridgehead atoms. The number of anilines is 1. The van der Waals surface area contributed by atoms with Crippen molar-refractivity contribution in [1.82, 2.24) is 0 Å². The molecule has 0 saturated carbocycles. The number of hydrogen-bond donors (Lipinski definition) is 2. The number of rotatable bonds is 5. The second-order valence-electron chi connectivity index (χ2n) is 4.94. The maximum Gasteiger partial charge on any atom is 0.143 e. The zero-order valence-corrected chi connectivity index (χ0v) is 12.1. The normalized spacial score (nSPS) is 11.5. The van der Waals surface area contributed by atoms with Gasteiger partial charge in [0.2, 0.25) is 0 Å². The molecule has 1 unspecified atom stereocenters. The Bertz CT molecular complexity index is 645. The second-order valence-corrected chi connectivity index (χ2v) is 4.94. The van der Waals surface area contributed by atoms with Crippen LogP contribution in [0, 0.1) is 11.3 Å². The minimum atomic E-state index is 0.191. The number of ether oxygens (including phenoxy) is 1. The standard InChI is InChI=1S/C17H18N2O2/c1-12(9-13-3-6-15(20)7-4-13)19-16-8-5-14(11-18)10-17(16)21-2/h3-8,10,12,19-20H,9H2,1-2H3. The Morgan fingerprint density at radius 2 is 1.95 bits per heavy atom. The van der Waals surface area contributed by atoms with Crippen molar-refractivity contribution in [3.8, 4) is 17.6 Å². The van der Waals surface area contributed by atoms with Gasteiger partial charge in [-0.2, -0.15) is 5.26 Å². The van der Waals surface area contributed by atoms with Crippen LogP contribution in [-0.4, -0.2) is 18.3 Å². The third kappa shape index (κ3) is 3.90. The lowest BCUT2D eigenvalue weighted by molar-refractivity contribution is 0.416. The molecule has 0 saturated heterocycles. The van der Waals surface area contributed by atoms with Crippen molar-refractivity contribution in [2.75, 3.05) is 12.4 Å². The first kappa shape index (κ1) is 14.7. The third-order valence-corrected chi connectivity index (χ3v) is 3.21. The fourth-order valence-electron chi connectivity index (χ4n) is 2.18. The van der Waals surface area contributed by atoms with Crippen LogP contribution in [0.5, 0.6) is 11.5 Å². The fraction of sp³-hybridized carbons (Fsp3) is 0.235. The quantitative estimate of drug-likeness (QED) is 0.883. The summed E-state index contributed by atoms with van der Waals surface area (Å²) in [5.74, 6) is 0.930. The maximum absolute atomic E-state index is 9.29. The molecule has 0 aliphatic carbocycles. The lowest BCUT2D eigenvalue weighted by Crippen LogP contribution is -2.18. The van der Waals surface area contributed by atoms with Gasteiger partial charge in [-0.1, -0.05) is 12.1 Å². The summed E-state index contributed by atoms with van der Waals surface area (Å²) >= 11 is 0. The predicted molar refractivity (Wildman–Crippen MR) is 82.6 cm³/mol. The second kappa shape index (κ2) is 6.67. The lowest BCUT2D eigenvalue weighted by Gasteiger charge is -2.18. The van der Waals surface area contributed by atoms with Crippen molar-refractivity contribution >= 4 is 5.69 Å². The first-order valence-corrected chi connectivity index (χ1v) is 6.75. The molecule has 0 radical (unpaired) electrons. The van der Waals surface area contributed by atoms with Gasteiger partial charge in [-0.05, 0) is 43.2 Å². The van der Waals surface area contributed by atoms with Crippen molar-refractivity contribution in [1.29, 1.82) is 5.26 Å². The Labute approximate surface area is 124 Å². The minimum Gasteiger partial charge on any atom is -0.508 e. The van der Waals surface area contributed by atoms with Crippen molar-refractivity contribution < 1.29 is 9.84 Å². The van der Waals surface area contributed by atoms with Crippen LogP contribution in [0.1, 0.15) is 18.1 Å². The molecule has 0 fully saturated rings. The van der Waals surface area contributed by atoms with E-state index in [0.29, 0.717) is 11.3 Å². The summed E-state index contributed by atoms with van der Waals surface area (Å²) in [4.78, 5) is 0. The van der Waals surface area contributed by atoms with Gasteiger partial charge < -0.3 is 15.2 Å². The molecule has 2 aromatic carbocycles. The molecule has 4 nitrogen and oxygen atoms in total. The van der Waals surface area contributed by atoms with E-state index >= 15 is 0 Å². The summed E-state index contributed by atoms with van der Waals surface area (Å²) in [5.41, 5.74) is 2.58. The van der Waals surface area contributed by atoms with Crippen LogP contribution in [0.15, 0.2) is 42.5 Å². The Morgan fingerprint density at radius 3 is 2.57 bits per heavy atom. The summed E-state index contributed by atoms with van der Waals surface area (Å²) in [6.45, 7) is 2.07. The van der Waals surface area contributed by atoms with Crippen LogP contribution >= 0.6 is 0 Å². The van der Waals surface area contributed by atoms with Crippen LogP contribution < -0.4 is 10.1 Å². The van der Waals surface area contributed by atoms with Crippen LogP contribution in [0.25, 0.3) is 0 Å². The van der Waals surface area contributed by atoms with Gasteiger partial charge in [0.1, 0.15) is 11.5 Å². The Balaban J connectivity index is 2.07. The molecule has 21 heavy (non-hydrogen) atoms. The van der Waals surface area contributed by atoms with Crippen molar-refractivity contribution in [2.24, 2.45) is 0 Å². The van der Waals surface area contributed by atoms with Gasteiger partial charge in [-0.3, -0.25) is 0 Å². The topological polar surface area (TPSA) is 65.3 Å². The number of phenolic OH excluding ortho intramolecular Hbond substituents is 1. The van der Waals surface area contributed by atoms with Gasteiger partial charge in [0, 0.05) is 12.1 Å². The molecule has 1 atom stereocenters. The fourth-order valence-corrected chi connectivity index (χ4v) is 2.18. The number of nitriles is 1. The van der Waals surface area contributed by atoms with E-state index in [1.165, 1.54) is 0 Å². The van der Waals surface area contributed by atoms with E-state index in [1.54, 1.807) is 31.4 Å². The van der Waals surface area contributed by atoms with Crippen LogP contribution in [0.2, 0.25) is 0 Å². The molecule has 2 aromatic rings. The highest BCUT2D eigenvalue weighted by molar-refractivity contribution is 5.60. The Morgan fingerprint density at radius 1 is 1.24 bits per heavy atom. The van der Waals surface area contributed by atoms with E-state index < -0.39 is 0 Å². The lowest BCUT2D eigenvalue weighted by atomic mass is 10.1.